The van der Waals surface area contributed by atoms with Crippen LogP contribution >= 0.6 is 23.4 Å². The third-order valence-electron chi connectivity index (χ3n) is 4.65. The number of rotatable bonds is 6. The number of amides is 1. The van der Waals surface area contributed by atoms with Crippen LogP contribution in [-0.4, -0.2) is 44.4 Å². The molecule has 0 bridgehead atoms. The molecule has 2 heterocycles. The van der Waals surface area contributed by atoms with Crippen LogP contribution in [0.1, 0.15) is 39.5 Å². The number of carbonyl (C=O) groups excluding carboxylic acids is 1. The molecule has 0 saturated carbocycles. The molecule has 7 heteroatoms. The van der Waals surface area contributed by atoms with Gasteiger partial charge in [-0.25, -0.2) is 0 Å². The van der Waals surface area contributed by atoms with Crippen molar-refractivity contribution in [2.45, 2.75) is 51.2 Å². The van der Waals surface area contributed by atoms with E-state index in [1.165, 1.54) is 24.6 Å². The van der Waals surface area contributed by atoms with E-state index in [9.17, 15) is 4.79 Å². The van der Waals surface area contributed by atoms with Gasteiger partial charge in [-0.15, -0.1) is 10.2 Å². The standard InChI is InChI=1S/C20H27ClN4OS/c1-15(2)13-25-19(16-7-9-17(21)10-8-16)22-23-20(25)27-14-18(26)24-11-5-3-4-6-12-24/h7-10,15H,3-6,11-14H2,1-2H3. The minimum atomic E-state index is 0.203. The van der Waals surface area contributed by atoms with Crippen molar-refractivity contribution < 1.29 is 4.79 Å². The monoisotopic (exact) mass is 406 g/mol. The van der Waals surface area contributed by atoms with Crippen molar-refractivity contribution >= 4 is 29.3 Å². The van der Waals surface area contributed by atoms with Gasteiger partial charge in [-0.3, -0.25) is 4.79 Å². The summed E-state index contributed by atoms with van der Waals surface area (Å²) in [5.41, 5.74) is 0.984. The summed E-state index contributed by atoms with van der Waals surface area (Å²) in [5, 5.41) is 10.3. The Morgan fingerprint density at radius 3 is 2.41 bits per heavy atom. The molecule has 1 amide bonds. The van der Waals surface area contributed by atoms with Gasteiger partial charge in [0.15, 0.2) is 11.0 Å². The molecular weight excluding hydrogens is 380 g/mol. The minimum Gasteiger partial charge on any atom is -0.342 e. The average Bonchev–Trinajstić information content (AvgIpc) is 2.85. The Bertz CT molecular complexity index is 752. The second-order valence-electron chi connectivity index (χ2n) is 7.40. The molecule has 0 aliphatic carbocycles. The Hall–Kier alpha value is -1.53. The lowest BCUT2D eigenvalue weighted by Crippen LogP contribution is -2.33. The largest absolute Gasteiger partial charge is 0.342 e. The highest BCUT2D eigenvalue weighted by Gasteiger charge is 2.19. The van der Waals surface area contributed by atoms with E-state index in [0.717, 1.165) is 49.0 Å². The van der Waals surface area contributed by atoms with E-state index in [1.807, 2.05) is 29.2 Å². The molecule has 1 aliphatic rings. The lowest BCUT2D eigenvalue weighted by Gasteiger charge is -2.20. The third-order valence-corrected chi connectivity index (χ3v) is 5.85. The summed E-state index contributed by atoms with van der Waals surface area (Å²) in [6, 6.07) is 7.64. The Morgan fingerprint density at radius 2 is 1.78 bits per heavy atom. The van der Waals surface area contributed by atoms with Crippen molar-refractivity contribution in [2.75, 3.05) is 18.8 Å². The maximum Gasteiger partial charge on any atom is 0.233 e. The van der Waals surface area contributed by atoms with E-state index < -0.39 is 0 Å². The fraction of sp³-hybridized carbons (Fsp3) is 0.550. The minimum absolute atomic E-state index is 0.203. The molecule has 0 radical (unpaired) electrons. The maximum absolute atomic E-state index is 12.6. The van der Waals surface area contributed by atoms with Crippen LogP contribution in [0.5, 0.6) is 0 Å². The van der Waals surface area contributed by atoms with E-state index >= 15 is 0 Å². The topological polar surface area (TPSA) is 51.0 Å². The number of nitrogens with zero attached hydrogens (tertiary/aromatic N) is 4. The lowest BCUT2D eigenvalue weighted by atomic mass is 10.2. The molecule has 0 N–H and O–H groups in total. The van der Waals surface area contributed by atoms with Crippen molar-refractivity contribution in [3.8, 4) is 11.4 Å². The number of hydrogen-bond donors (Lipinski definition) is 0. The highest BCUT2D eigenvalue weighted by Crippen LogP contribution is 2.26. The Kier molecular flexibility index (Phi) is 7.19. The van der Waals surface area contributed by atoms with Crippen molar-refractivity contribution in [3.63, 3.8) is 0 Å². The summed E-state index contributed by atoms with van der Waals surface area (Å²) >= 11 is 7.50. The molecule has 1 aliphatic heterocycles. The van der Waals surface area contributed by atoms with E-state index in [2.05, 4.69) is 28.6 Å². The maximum atomic E-state index is 12.6. The second kappa shape index (κ2) is 9.60. The highest BCUT2D eigenvalue weighted by atomic mass is 35.5. The van der Waals surface area contributed by atoms with Crippen molar-refractivity contribution in [3.05, 3.63) is 29.3 Å². The van der Waals surface area contributed by atoms with Crippen molar-refractivity contribution in [2.24, 2.45) is 5.92 Å². The van der Waals surface area contributed by atoms with E-state index in [0.29, 0.717) is 16.7 Å². The number of aromatic nitrogens is 3. The van der Waals surface area contributed by atoms with E-state index in [1.54, 1.807) is 0 Å². The predicted molar refractivity (Wildman–Crippen MR) is 111 cm³/mol. The predicted octanol–water partition coefficient (Wildman–Crippen LogP) is 4.75. The lowest BCUT2D eigenvalue weighted by molar-refractivity contribution is -0.128. The van der Waals surface area contributed by atoms with Crippen LogP contribution in [0, 0.1) is 5.92 Å². The van der Waals surface area contributed by atoms with Crippen LogP contribution in [-0.2, 0) is 11.3 Å². The second-order valence-corrected chi connectivity index (χ2v) is 8.78. The van der Waals surface area contributed by atoms with Crippen molar-refractivity contribution in [1.82, 2.24) is 19.7 Å². The van der Waals surface area contributed by atoms with Gasteiger partial charge in [0.2, 0.25) is 5.91 Å². The first-order chi connectivity index (χ1) is 13.0. The molecule has 3 rings (SSSR count). The Morgan fingerprint density at radius 1 is 1.11 bits per heavy atom. The van der Waals surface area contributed by atoms with E-state index in [4.69, 9.17) is 11.6 Å². The average molecular weight is 407 g/mol. The summed E-state index contributed by atoms with van der Waals surface area (Å²) in [6.07, 6.45) is 4.68. The fourth-order valence-electron chi connectivity index (χ4n) is 3.28. The number of likely N-dealkylation sites (tertiary alicyclic amines) is 1. The quantitative estimate of drug-likeness (QED) is 0.649. The van der Waals surface area contributed by atoms with Crippen LogP contribution in [0.3, 0.4) is 0 Å². The van der Waals surface area contributed by atoms with Gasteiger partial charge >= 0.3 is 0 Å². The Labute approximate surface area is 170 Å². The van der Waals surface area contributed by atoms with Gasteiger partial charge in [-0.2, -0.15) is 0 Å². The van der Waals surface area contributed by atoms with Crippen LogP contribution in [0.15, 0.2) is 29.4 Å². The SMILES string of the molecule is CC(C)Cn1c(SCC(=O)N2CCCCCC2)nnc1-c1ccc(Cl)cc1. The van der Waals surface area contributed by atoms with Gasteiger partial charge in [-0.05, 0) is 43.0 Å². The van der Waals surface area contributed by atoms with Gasteiger partial charge < -0.3 is 9.47 Å². The first-order valence-corrected chi connectivity index (χ1v) is 11.0. The number of hydrogen-bond acceptors (Lipinski definition) is 4. The molecule has 0 spiro atoms. The van der Waals surface area contributed by atoms with E-state index in [-0.39, 0.29) is 5.91 Å². The summed E-state index contributed by atoms with van der Waals surface area (Å²) < 4.78 is 2.12. The van der Waals surface area contributed by atoms with Crippen molar-refractivity contribution in [1.29, 1.82) is 0 Å². The summed E-state index contributed by atoms with van der Waals surface area (Å²) in [5.74, 6) is 1.89. The highest BCUT2D eigenvalue weighted by molar-refractivity contribution is 7.99. The first-order valence-electron chi connectivity index (χ1n) is 9.64. The molecule has 0 unspecified atom stereocenters. The van der Waals surface area contributed by atoms with Gasteiger partial charge in [-0.1, -0.05) is 50.1 Å². The summed E-state index contributed by atoms with van der Waals surface area (Å²) in [4.78, 5) is 14.6. The number of benzene rings is 1. The fourth-order valence-corrected chi connectivity index (χ4v) is 4.25. The smallest absolute Gasteiger partial charge is 0.233 e. The number of halogens is 1. The molecule has 1 aromatic carbocycles. The zero-order chi connectivity index (χ0) is 19.2. The molecule has 0 atom stereocenters. The van der Waals surface area contributed by atoms with Crippen LogP contribution in [0.4, 0.5) is 0 Å². The molecule has 1 saturated heterocycles. The summed E-state index contributed by atoms with van der Waals surface area (Å²) in [6.45, 7) is 6.92. The molecule has 1 fully saturated rings. The third kappa shape index (κ3) is 5.48. The first kappa shape index (κ1) is 20.2. The summed E-state index contributed by atoms with van der Waals surface area (Å²) in [7, 11) is 0. The van der Waals surface area contributed by atoms with Gasteiger partial charge in [0, 0.05) is 30.2 Å². The normalized spacial score (nSPS) is 15.2. The van der Waals surface area contributed by atoms with Gasteiger partial charge in [0.1, 0.15) is 0 Å². The zero-order valence-electron chi connectivity index (χ0n) is 16.0. The van der Waals surface area contributed by atoms with Gasteiger partial charge in [0.05, 0.1) is 5.75 Å². The number of carbonyl (C=O) groups is 1. The molecular formula is C20H27ClN4OS. The molecule has 146 valence electrons. The Balaban J connectivity index is 1.74. The number of thioether (sulfide) groups is 1. The molecule has 27 heavy (non-hydrogen) atoms. The molecule has 1 aromatic heterocycles. The van der Waals surface area contributed by atoms with Crippen LogP contribution in [0.2, 0.25) is 5.02 Å². The molecule has 2 aromatic rings. The van der Waals surface area contributed by atoms with Gasteiger partial charge in [0.25, 0.3) is 0 Å². The van der Waals surface area contributed by atoms with Crippen LogP contribution in [0.25, 0.3) is 11.4 Å². The van der Waals surface area contributed by atoms with Crippen LogP contribution < -0.4 is 0 Å². The zero-order valence-corrected chi connectivity index (χ0v) is 17.6. The molecule has 5 nitrogen and oxygen atoms in total.